The zero-order valence-corrected chi connectivity index (χ0v) is 16.4. The highest BCUT2D eigenvalue weighted by Crippen LogP contribution is 2.31. The molecule has 4 nitrogen and oxygen atoms in total. The van der Waals surface area contributed by atoms with Gasteiger partial charge >= 0.3 is 0 Å². The molecule has 1 N–H and O–H groups in total. The van der Waals surface area contributed by atoms with Crippen molar-refractivity contribution in [1.82, 2.24) is 15.1 Å². The van der Waals surface area contributed by atoms with Crippen LogP contribution in [0.5, 0.6) is 0 Å². The van der Waals surface area contributed by atoms with Gasteiger partial charge in [-0.05, 0) is 31.2 Å². The second-order valence-corrected chi connectivity index (χ2v) is 6.30. The first kappa shape index (κ1) is 20.3. The third-order valence-corrected chi connectivity index (χ3v) is 4.39. The standard InChI is InChI=1S/C19H17Cl2N3O.ClH/c1-2-22-17(25)12-16-18(13-8-10-14(20)11-9-13)23-24(19(16)21)15-6-4-3-5-7-15;/h3-11H,2,12H2,1H3,(H,22,25);1H. The van der Waals surface area contributed by atoms with Gasteiger partial charge in [0.15, 0.2) is 0 Å². The third-order valence-electron chi connectivity index (χ3n) is 3.75. The predicted molar refractivity (Wildman–Crippen MR) is 109 cm³/mol. The van der Waals surface area contributed by atoms with E-state index in [-0.39, 0.29) is 24.7 Å². The minimum Gasteiger partial charge on any atom is -0.356 e. The zero-order valence-electron chi connectivity index (χ0n) is 14.1. The van der Waals surface area contributed by atoms with Gasteiger partial charge < -0.3 is 5.32 Å². The van der Waals surface area contributed by atoms with E-state index < -0.39 is 0 Å². The quantitative estimate of drug-likeness (QED) is 0.647. The van der Waals surface area contributed by atoms with Crippen molar-refractivity contribution in [1.29, 1.82) is 0 Å². The SMILES string of the molecule is CCNC(=O)Cc1c(-c2ccc(Cl)cc2)nn(-c2ccccc2)c1Cl.Cl. The highest BCUT2D eigenvalue weighted by molar-refractivity contribution is 6.31. The maximum Gasteiger partial charge on any atom is 0.224 e. The summed E-state index contributed by atoms with van der Waals surface area (Å²) in [6.07, 6.45) is 0.164. The Balaban J connectivity index is 0.00000243. The van der Waals surface area contributed by atoms with Crippen LogP contribution in [0.25, 0.3) is 16.9 Å². The van der Waals surface area contributed by atoms with Crippen molar-refractivity contribution >= 4 is 41.5 Å². The van der Waals surface area contributed by atoms with Gasteiger partial charge in [0.2, 0.25) is 5.91 Å². The Hall–Kier alpha value is -2.01. The fourth-order valence-corrected chi connectivity index (χ4v) is 3.00. The normalized spacial score (nSPS) is 10.3. The van der Waals surface area contributed by atoms with Crippen molar-refractivity contribution in [3.8, 4) is 16.9 Å². The van der Waals surface area contributed by atoms with Crippen LogP contribution in [-0.4, -0.2) is 22.2 Å². The molecule has 0 saturated carbocycles. The number of para-hydroxylation sites is 1. The monoisotopic (exact) mass is 409 g/mol. The molecule has 0 aliphatic rings. The third kappa shape index (κ3) is 4.39. The van der Waals surface area contributed by atoms with Crippen LogP contribution >= 0.6 is 35.6 Å². The lowest BCUT2D eigenvalue weighted by Gasteiger charge is -2.04. The molecule has 26 heavy (non-hydrogen) atoms. The first-order chi connectivity index (χ1) is 12.1. The first-order valence-electron chi connectivity index (χ1n) is 7.95. The summed E-state index contributed by atoms with van der Waals surface area (Å²) in [7, 11) is 0. The number of carbonyl (C=O) groups is 1. The molecule has 0 atom stereocenters. The van der Waals surface area contributed by atoms with Crippen molar-refractivity contribution in [2.24, 2.45) is 0 Å². The highest BCUT2D eigenvalue weighted by atomic mass is 35.5. The molecule has 0 saturated heterocycles. The number of carbonyl (C=O) groups excluding carboxylic acids is 1. The van der Waals surface area contributed by atoms with Crippen LogP contribution in [0.4, 0.5) is 0 Å². The van der Waals surface area contributed by atoms with Gasteiger partial charge in [0.05, 0.1) is 17.8 Å². The number of likely N-dealkylation sites (N-methyl/N-ethyl adjacent to an activating group) is 1. The Kier molecular flexibility index (Phi) is 7.09. The maximum atomic E-state index is 12.1. The Morgan fingerprint density at radius 3 is 2.35 bits per heavy atom. The second kappa shape index (κ2) is 9.08. The van der Waals surface area contributed by atoms with E-state index in [0.29, 0.717) is 28.0 Å². The Labute approximate surface area is 168 Å². The molecule has 0 radical (unpaired) electrons. The molecule has 3 aromatic rings. The van der Waals surface area contributed by atoms with Gasteiger partial charge in [0.25, 0.3) is 0 Å². The molecule has 0 bridgehead atoms. The van der Waals surface area contributed by atoms with Gasteiger partial charge in [-0.15, -0.1) is 12.4 Å². The molecule has 2 aromatic carbocycles. The second-order valence-electron chi connectivity index (χ2n) is 5.50. The number of hydrogen-bond acceptors (Lipinski definition) is 2. The van der Waals surface area contributed by atoms with E-state index in [2.05, 4.69) is 10.4 Å². The van der Waals surface area contributed by atoms with Crippen molar-refractivity contribution in [2.45, 2.75) is 13.3 Å². The molecule has 1 aromatic heterocycles. The van der Waals surface area contributed by atoms with Gasteiger partial charge in [-0.25, -0.2) is 4.68 Å². The molecule has 1 amide bonds. The summed E-state index contributed by atoms with van der Waals surface area (Å²) in [5.41, 5.74) is 3.07. The van der Waals surface area contributed by atoms with Gasteiger partial charge in [0, 0.05) is 22.7 Å². The van der Waals surface area contributed by atoms with E-state index in [1.165, 1.54) is 0 Å². The average Bonchev–Trinajstić information content (AvgIpc) is 2.93. The number of nitrogens with zero attached hydrogens (tertiary/aromatic N) is 2. The maximum absolute atomic E-state index is 12.1. The molecular formula is C19H18Cl3N3O. The van der Waals surface area contributed by atoms with Crippen LogP contribution < -0.4 is 5.32 Å². The number of hydrogen-bond donors (Lipinski definition) is 1. The zero-order chi connectivity index (χ0) is 17.8. The van der Waals surface area contributed by atoms with E-state index in [4.69, 9.17) is 23.2 Å². The van der Waals surface area contributed by atoms with E-state index in [1.54, 1.807) is 16.8 Å². The number of benzene rings is 2. The molecule has 0 fully saturated rings. The fraction of sp³-hybridized carbons (Fsp3) is 0.158. The number of aromatic nitrogens is 2. The van der Waals surface area contributed by atoms with Crippen molar-refractivity contribution in [3.63, 3.8) is 0 Å². The summed E-state index contributed by atoms with van der Waals surface area (Å²) in [5, 5.41) is 8.53. The molecule has 0 aliphatic heterocycles. The van der Waals surface area contributed by atoms with E-state index in [0.717, 1.165) is 11.3 Å². The molecular weight excluding hydrogens is 393 g/mol. The van der Waals surface area contributed by atoms with E-state index >= 15 is 0 Å². The summed E-state index contributed by atoms with van der Waals surface area (Å²) in [6.45, 7) is 2.45. The lowest BCUT2D eigenvalue weighted by Crippen LogP contribution is -2.24. The summed E-state index contributed by atoms with van der Waals surface area (Å²) in [4.78, 5) is 12.1. The van der Waals surface area contributed by atoms with Crippen molar-refractivity contribution in [3.05, 3.63) is 70.3 Å². The smallest absolute Gasteiger partial charge is 0.224 e. The van der Waals surface area contributed by atoms with Crippen LogP contribution in [0, 0.1) is 0 Å². The number of nitrogens with one attached hydrogen (secondary N) is 1. The van der Waals surface area contributed by atoms with Crippen molar-refractivity contribution in [2.75, 3.05) is 6.54 Å². The predicted octanol–water partition coefficient (Wildman–Crippen LogP) is 4.95. The van der Waals surface area contributed by atoms with Crippen LogP contribution in [0.2, 0.25) is 10.2 Å². The van der Waals surface area contributed by atoms with Crippen LogP contribution in [0.3, 0.4) is 0 Å². The van der Waals surface area contributed by atoms with Crippen LogP contribution in [0.15, 0.2) is 54.6 Å². The molecule has 136 valence electrons. The van der Waals surface area contributed by atoms with E-state index in [1.807, 2.05) is 49.4 Å². The average molecular weight is 411 g/mol. The molecule has 0 unspecified atom stereocenters. The van der Waals surface area contributed by atoms with Gasteiger partial charge in [-0.1, -0.05) is 53.5 Å². The van der Waals surface area contributed by atoms with Gasteiger partial charge in [0.1, 0.15) is 5.15 Å². The molecule has 1 heterocycles. The molecule has 0 aliphatic carbocycles. The van der Waals surface area contributed by atoms with Crippen molar-refractivity contribution < 1.29 is 4.79 Å². The molecule has 7 heteroatoms. The van der Waals surface area contributed by atoms with E-state index in [9.17, 15) is 4.79 Å². The highest BCUT2D eigenvalue weighted by Gasteiger charge is 2.21. The van der Waals surface area contributed by atoms with Gasteiger partial charge in [-0.2, -0.15) is 5.10 Å². The Morgan fingerprint density at radius 1 is 1.08 bits per heavy atom. The minimum atomic E-state index is -0.0905. The fourth-order valence-electron chi connectivity index (χ4n) is 2.59. The summed E-state index contributed by atoms with van der Waals surface area (Å²) in [5.74, 6) is -0.0905. The summed E-state index contributed by atoms with van der Waals surface area (Å²) < 4.78 is 1.65. The molecule has 3 rings (SSSR count). The lowest BCUT2D eigenvalue weighted by molar-refractivity contribution is -0.120. The number of rotatable bonds is 5. The minimum absolute atomic E-state index is 0. The van der Waals surface area contributed by atoms with Crippen LogP contribution in [-0.2, 0) is 11.2 Å². The number of amides is 1. The van der Waals surface area contributed by atoms with Gasteiger partial charge in [-0.3, -0.25) is 4.79 Å². The summed E-state index contributed by atoms with van der Waals surface area (Å²) >= 11 is 12.6. The summed E-state index contributed by atoms with van der Waals surface area (Å²) in [6, 6.07) is 16.9. The first-order valence-corrected chi connectivity index (χ1v) is 8.71. The van der Waals surface area contributed by atoms with Crippen LogP contribution in [0.1, 0.15) is 12.5 Å². The number of halogens is 3. The Bertz CT molecular complexity index is 877. The Morgan fingerprint density at radius 2 is 1.73 bits per heavy atom. The largest absolute Gasteiger partial charge is 0.356 e. The molecule has 0 spiro atoms. The lowest BCUT2D eigenvalue weighted by atomic mass is 10.1. The topological polar surface area (TPSA) is 46.9 Å².